The molecule has 0 aromatic heterocycles. The molecule has 1 heterocycles. The summed E-state index contributed by atoms with van der Waals surface area (Å²) in [7, 11) is 0. The highest BCUT2D eigenvalue weighted by Gasteiger charge is 2.22. The number of primary amides is 1. The molecule has 0 spiro atoms. The number of phenols is 1. The number of anilines is 1. The first-order valence-corrected chi connectivity index (χ1v) is 19.1. The van der Waals surface area contributed by atoms with Crippen molar-refractivity contribution in [1.82, 2.24) is 10.6 Å². The van der Waals surface area contributed by atoms with Gasteiger partial charge in [0.15, 0.2) is 10.5 Å². The molecule has 1 aliphatic heterocycles. The number of rotatable bonds is 27. The molecule has 0 atom stereocenters. The summed E-state index contributed by atoms with van der Waals surface area (Å²) in [6, 6.07) is 13.8. The number of hydrogen-bond donors (Lipinski definition) is 6. The number of carboxylic acid groups (broad SMARTS) is 1. The number of aromatic carboxylic acids is 1. The van der Waals surface area contributed by atoms with E-state index in [1.54, 1.807) is 24.3 Å². The van der Waals surface area contributed by atoms with E-state index in [2.05, 4.69) is 16.0 Å². The SMILES string of the molecule is NC(=O)CCOCCOCCOCCOCCOCCC(=O)NCCCCCNC(=S)Nc1ccc(-c2c3ccc(=O)cc-3oc3cc(O)ccc23)c(C(=O)O)c1. The van der Waals surface area contributed by atoms with Crippen molar-refractivity contribution in [3.8, 4) is 28.2 Å². The van der Waals surface area contributed by atoms with Crippen LogP contribution in [0.1, 0.15) is 42.5 Å². The van der Waals surface area contributed by atoms with Gasteiger partial charge >= 0.3 is 5.97 Å². The lowest BCUT2D eigenvalue weighted by Gasteiger charge is -2.18. The van der Waals surface area contributed by atoms with Gasteiger partial charge in [0.2, 0.25) is 11.8 Å². The smallest absolute Gasteiger partial charge is 0.336 e. The van der Waals surface area contributed by atoms with Crippen LogP contribution in [0, 0.1) is 0 Å². The zero-order chi connectivity index (χ0) is 40.8. The van der Waals surface area contributed by atoms with Crippen molar-refractivity contribution in [2.75, 3.05) is 84.5 Å². The molecule has 2 amide bonds. The molecule has 7 N–H and O–H groups in total. The van der Waals surface area contributed by atoms with E-state index in [1.807, 2.05) is 0 Å². The normalized spacial score (nSPS) is 11.2. The number of unbranched alkanes of at least 4 members (excludes halogenated alkanes) is 2. The van der Waals surface area contributed by atoms with Gasteiger partial charge in [0, 0.05) is 60.3 Å². The van der Waals surface area contributed by atoms with Gasteiger partial charge in [-0.25, -0.2) is 4.79 Å². The van der Waals surface area contributed by atoms with Crippen LogP contribution >= 0.6 is 12.2 Å². The lowest BCUT2D eigenvalue weighted by Crippen LogP contribution is -2.29. The molecule has 0 radical (unpaired) electrons. The monoisotopic (exact) mass is 810 g/mol. The third-order valence-corrected chi connectivity index (χ3v) is 8.62. The van der Waals surface area contributed by atoms with Gasteiger partial charge in [-0.15, -0.1) is 0 Å². The van der Waals surface area contributed by atoms with Gasteiger partial charge in [0.1, 0.15) is 17.1 Å². The molecule has 0 saturated heterocycles. The maximum atomic E-state index is 12.5. The lowest BCUT2D eigenvalue weighted by atomic mass is 9.90. The van der Waals surface area contributed by atoms with Crippen LogP contribution in [0.5, 0.6) is 5.75 Å². The van der Waals surface area contributed by atoms with Crippen molar-refractivity contribution >= 4 is 51.8 Å². The van der Waals surface area contributed by atoms with E-state index in [0.29, 0.717) is 111 Å². The molecule has 0 fully saturated rings. The van der Waals surface area contributed by atoms with E-state index in [-0.39, 0.29) is 47.9 Å². The summed E-state index contributed by atoms with van der Waals surface area (Å²) < 4.78 is 32.8. The molecule has 2 aromatic rings. The van der Waals surface area contributed by atoms with Crippen molar-refractivity contribution in [3.05, 3.63) is 70.4 Å². The van der Waals surface area contributed by atoms with Crippen molar-refractivity contribution in [1.29, 1.82) is 0 Å². The number of nitrogens with two attached hydrogens (primary N) is 1. The van der Waals surface area contributed by atoms with Crippen LogP contribution in [0.25, 0.3) is 33.4 Å². The Labute approximate surface area is 335 Å². The predicted molar refractivity (Wildman–Crippen MR) is 217 cm³/mol. The number of ether oxygens (including phenoxy) is 5. The molecular weight excluding hydrogens is 761 g/mol. The van der Waals surface area contributed by atoms with Crippen LogP contribution < -0.4 is 27.1 Å². The Hall–Kier alpha value is -5.17. The Morgan fingerprint density at radius 1 is 0.702 bits per heavy atom. The molecule has 4 rings (SSSR count). The molecular formula is C40H50N4O12S. The van der Waals surface area contributed by atoms with E-state index in [1.165, 1.54) is 30.3 Å². The Bertz CT molecular complexity index is 1960. The number of benzene rings is 3. The Morgan fingerprint density at radius 3 is 1.93 bits per heavy atom. The lowest BCUT2D eigenvalue weighted by molar-refractivity contribution is -0.122. The molecule has 16 nitrogen and oxygen atoms in total. The standard InChI is InChI=1S/C40H50N4O12S/c41-36(47)10-14-51-16-18-53-20-22-55-23-21-54-19-17-52-15-11-37(48)42-12-2-1-3-13-43-40(57)44-27-4-7-30(33(24-27)39(49)50)38-31-8-5-28(45)25-34(31)56-35-26-29(46)6-9-32(35)38/h4-9,24-26,45H,1-3,10-23H2,(H2,41,47)(H,42,48)(H,49,50)(H2,43,44,57). The van der Waals surface area contributed by atoms with E-state index in [4.69, 9.17) is 46.1 Å². The minimum absolute atomic E-state index is 0.00919. The Morgan fingerprint density at radius 2 is 1.30 bits per heavy atom. The number of hydrogen-bond acceptors (Lipinski definition) is 12. The molecule has 2 aliphatic rings. The summed E-state index contributed by atoms with van der Waals surface area (Å²) in [5, 5.41) is 30.2. The van der Waals surface area contributed by atoms with Gasteiger partial charge in [0.05, 0.1) is 71.6 Å². The summed E-state index contributed by atoms with van der Waals surface area (Å²) in [4.78, 5) is 47.3. The summed E-state index contributed by atoms with van der Waals surface area (Å²) in [5.74, 6) is -1.40. The molecule has 0 saturated carbocycles. The average molecular weight is 811 g/mol. The molecule has 57 heavy (non-hydrogen) atoms. The fraction of sp³-hybridized carbons (Fsp3) is 0.425. The maximum absolute atomic E-state index is 12.5. The first-order valence-electron chi connectivity index (χ1n) is 18.7. The number of nitrogens with one attached hydrogen (secondary N) is 3. The number of carboxylic acids is 1. The van der Waals surface area contributed by atoms with Crippen LogP contribution in [0.4, 0.5) is 5.69 Å². The van der Waals surface area contributed by atoms with Crippen LogP contribution in [0.3, 0.4) is 0 Å². The van der Waals surface area contributed by atoms with E-state index >= 15 is 0 Å². The van der Waals surface area contributed by atoms with Gasteiger partial charge in [-0.05, 0) is 73.4 Å². The van der Waals surface area contributed by atoms with Crippen molar-refractivity contribution < 1.29 is 52.7 Å². The number of phenolic OH excluding ortho intramolecular Hbond substituents is 1. The maximum Gasteiger partial charge on any atom is 0.336 e. The Kier molecular flexibility index (Phi) is 19.1. The van der Waals surface area contributed by atoms with Crippen LogP contribution in [-0.4, -0.2) is 112 Å². The highest BCUT2D eigenvalue weighted by atomic mass is 32.1. The second kappa shape index (κ2) is 24.5. The number of carbonyl (C=O) groups excluding carboxylic acids is 2. The molecule has 0 bridgehead atoms. The fourth-order valence-corrected chi connectivity index (χ4v) is 5.83. The number of carbonyl (C=O) groups is 3. The van der Waals surface area contributed by atoms with Crippen molar-refractivity contribution in [2.24, 2.45) is 5.73 Å². The number of amides is 2. The summed E-state index contributed by atoms with van der Waals surface area (Å²) in [5.41, 5.74) is 7.06. The zero-order valence-electron chi connectivity index (χ0n) is 31.7. The number of fused-ring (bicyclic) bond motifs is 2. The second-order valence-electron chi connectivity index (χ2n) is 12.7. The van der Waals surface area contributed by atoms with E-state index in [9.17, 15) is 29.4 Å². The minimum Gasteiger partial charge on any atom is -0.508 e. The third-order valence-electron chi connectivity index (χ3n) is 8.37. The molecule has 0 unspecified atom stereocenters. The Balaban J connectivity index is 1.04. The van der Waals surface area contributed by atoms with E-state index < -0.39 is 11.9 Å². The van der Waals surface area contributed by atoms with Crippen molar-refractivity contribution in [3.63, 3.8) is 0 Å². The molecule has 308 valence electrons. The third kappa shape index (κ3) is 15.7. The number of thiocarbonyl (C=S) groups is 1. The van der Waals surface area contributed by atoms with Crippen LogP contribution in [0.15, 0.2) is 63.8 Å². The number of aromatic hydroxyl groups is 1. The van der Waals surface area contributed by atoms with Crippen molar-refractivity contribution in [2.45, 2.75) is 32.1 Å². The topological polar surface area (TPSA) is 230 Å². The first-order chi connectivity index (χ1) is 27.6. The summed E-state index contributed by atoms with van der Waals surface area (Å²) in [6.45, 7) is 4.99. The first kappa shape index (κ1) is 44.5. The van der Waals surface area contributed by atoms with Gasteiger partial charge in [-0.3, -0.25) is 14.4 Å². The summed E-state index contributed by atoms with van der Waals surface area (Å²) >= 11 is 5.44. The molecule has 17 heteroatoms. The van der Waals surface area contributed by atoms with Gasteiger partial charge in [-0.1, -0.05) is 6.07 Å². The van der Waals surface area contributed by atoms with Crippen LogP contribution in [0.2, 0.25) is 0 Å². The van der Waals surface area contributed by atoms with Gasteiger partial charge in [0.25, 0.3) is 0 Å². The fourth-order valence-electron chi connectivity index (χ4n) is 5.61. The minimum atomic E-state index is -1.16. The highest BCUT2D eigenvalue weighted by Crippen LogP contribution is 2.42. The second-order valence-corrected chi connectivity index (χ2v) is 13.1. The highest BCUT2D eigenvalue weighted by molar-refractivity contribution is 7.80. The largest absolute Gasteiger partial charge is 0.508 e. The average Bonchev–Trinajstić information content (AvgIpc) is 3.17. The zero-order valence-corrected chi connectivity index (χ0v) is 32.5. The van der Waals surface area contributed by atoms with Gasteiger partial charge in [-0.2, -0.15) is 0 Å². The summed E-state index contributed by atoms with van der Waals surface area (Å²) in [6.07, 6.45) is 2.89. The quantitative estimate of drug-likeness (QED) is 0.0285. The van der Waals surface area contributed by atoms with E-state index in [0.717, 1.165) is 19.3 Å². The molecule has 1 aliphatic carbocycles. The predicted octanol–water partition coefficient (Wildman–Crippen LogP) is 3.89. The van der Waals surface area contributed by atoms with Crippen LogP contribution in [-0.2, 0) is 33.3 Å². The van der Waals surface area contributed by atoms with Gasteiger partial charge < -0.3 is 60.0 Å². The molecule has 2 aromatic carbocycles.